The first-order chi connectivity index (χ1) is 21.8. The number of rotatable bonds is 6. The minimum Gasteiger partial charge on any atom is -0.438 e. The van der Waals surface area contributed by atoms with E-state index in [1.807, 2.05) is 54.7 Å². The Balaban J connectivity index is 1.22. The lowest BCUT2D eigenvalue weighted by molar-refractivity contribution is 0.465. The molecule has 0 aliphatic heterocycles. The number of benzene rings is 5. The van der Waals surface area contributed by atoms with E-state index in [-0.39, 0.29) is 0 Å². The molecule has 0 N–H and O–H groups in total. The summed E-state index contributed by atoms with van der Waals surface area (Å²) in [6.45, 7) is 0. The molecule has 0 fully saturated rings. The minimum absolute atomic E-state index is 0.579. The number of ether oxygens (including phenoxy) is 1. The van der Waals surface area contributed by atoms with E-state index < -0.39 is 0 Å². The van der Waals surface area contributed by atoms with Crippen molar-refractivity contribution < 1.29 is 4.74 Å². The molecule has 0 bridgehead atoms. The molecule has 0 aliphatic rings. The van der Waals surface area contributed by atoms with E-state index in [2.05, 4.69) is 113 Å². The zero-order valence-electron chi connectivity index (χ0n) is 23.8. The molecule has 0 amide bonds. The monoisotopic (exact) mass is 565 g/mol. The summed E-state index contributed by atoms with van der Waals surface area (Å²) in [4.78, 5) is 9.40. The van der Waals surface area contributed by atoms with Crippen molar-refractivity contribution in [3.05, 3.63) is 164 Å². The van der Waals surface area contributed by atoms with Gasteiger partial charge in [-0.15, -0.1) is 0 Å². The smallest absolute Gasteiger partial charge is 0.227 e. The minimum atomic E-state index is 0.579. The third-order valence-electron chi connectivity index (χ3n) is 7.99. The van der Waals surface area contributed by atoms with Gasteiger partial charge in [0.2, 0.25) is 5.88 Å². The van der Waals surface area contributed by atoms with Gasteiger partial charge in [-0.2, -0.15) is 0 Å². The lowest BCUT2D eigenvalue weighted by Gasteiger charge is -2.12. The number of nitrogens with zero attached hydrogens (tertiary/aromatic N) is 3. The van der Waals surface area contributed by atoms with Crippen LogP contribution in [0.4, 0.5) is 0 Å². The molecule has 4 nitrogen and oxygen atoms in total. The van der Waals surface area contributed by atoms with E-state index >= 15 is 0 Å². The molecule has 0 aliphatic carbocycles. The van der Waals surface area contributed by atoms with Crippen molar-refractivity contribution in [1.82, 2.24) is 14.5 Å². The number of fused-ring (bicyclic) bond motifs is 3. The molecule has 3 aromatic heterocycles. The van der Waals surface area contributed by atoms with Crippen molar-refractivity contribution in [2.75, 3.05) is 0 Å². The van der Waals surface area contributed by atoms with Crippen molar-refractivity contribution in [2.24, 2.45) is 0 Å². The van der Waals surface area contributed by atoms with E-state index in [1.165, 1.54) is 10.8 Å². The van der Waals surface area contributed by atoms with E-state index in [0.717, 1.165) is 56.0 Å². The van der Waals surface area contributed by atoms with Crippen LogP contribution in [0.3, 0.4) is 0 Å². The van der Waals surface area contributed by atoms with Crippen molar-refractivity contribution in [1.29, 1.82) is 0 Å². The standard InChI is InChI=1S/C40H27N3O/c1-3-11-28(12-4-1)32-22-24-41-39(27-32)43-37-19-8-7-17-35(37)36-21-20-31(26-38(36)43)30-15-9-16-33(25-30)44-40-34(18-10-23-42-40)29-13-5-2-6-14-29/h1-27H. The second kappa shape index (κ2) is 11.0. The quantitative estimate of drug-likeness (QED) is 0.201. The van der Waals surface area contributed by atoms with Crippen molar-refractivity contribution in [2.45, 2.75) is 0 Å². The topological polar surface area (TPSA) is 39.9 Å². The third-order valence-corrected chi connectivity index (χ3v) is 7.99. The molecule has 5 aromatic carbocycles. The number of pyridine rings is 2. The van der Waals surface area contributed by atoms with Gasteiger partial charge in [0, 0.05) is 28.7 Å². The van der Waals surface area contributed by atoms with Gasteiger partial charge >= 0.3 is 0 Å². The summed E-state index contributed by atoms with van der Waals surface area (Å²) in [6.07, 6.45) is 3.66. The molecular formula is C40H27N3O. The van der Waals surface area contributed by atoms with Gasteiger partial charge in [0.25, 0.3) is 0 Å². The summed E-state index contributed by atoms with van der Waals surface area (Å²) in [5, 5.41) is 2.38. The first kappa shape index (κ1) is 25.7. The summed E-state index contributed by atoms with van der Waals surface area (Å²) in [5.74, 6) is 2.20. The lowest BCUT2D eigenvalue weighted by Crippen LogP contribution is -1.97. The molecule has 0 saturated heterocycles. The highest BCUT2D eigenvalue weighted by atomic mass is 16.5. The largest absolute Gasteiger partial charge is 0.438 e. The summed E-state index contributed by atoms with van der Waals surface area (Å²) in [6, 6.07) is 52.2. The highest BCUT2D eigenvalue weighted by molar-refractivity contribution is 6.10. The van der Waals surface area contributed by atoms with Crippen LogP contribution in [0.2, 0.25) is 0 Å². The Morgan fingerprint density at radius 3 is 2.00 bits per heavy atom. The van der Waals surface area contributed by atoms with Gasteiger partial charge in [0.1, 0.15) is 11.6 Å². The maximum absolute atomic E-state index is 6.38. The maximum Gasteiger partial charge on any atom is 0.227 e. The fourth-order valence-electron chi connectivity index (χ4n) is 5.91. The van der Waals surface area contributed by atoms with E-state index in [0.29, 0.717) is 5.88 Å². The van der Waals surface area contributed by atoms with E-state index in [4.69, 9.17) is 9.72 Å². The highest BCUT2D eigenvalue weighted by Crippen LogP contribution is 2.37. The van der Waals surface area contributed by atoms with Crippen molar-refractivity contribution >= 4 is 21.8 Å². The zero-order valence-corrected chi connectivity index (χ0v) is 23.8. The predicted octanol–water partition coefficient (Wildman–Crippen LogP) is 10.4. The maximum atomic E-state index is 6.38. The summed E-state index contributed by atoms with van der Waals surface area (Å²) in [5.41, 5.74) is 8.69. The van der Waals surface area contributed by atoms with Gasteiger partial charge in [-0.3, -0.25) is 4.57 Å². The molecule has 44 heavy (non-hydrogen) atoms. The SMILES string of the molecule is c1ccc(-c2ccnc(-n3c4ccccc4c4ccc(-c5cccc(Oc6ncccc6-c6ccccc6)c5)cc43)c2)cc1. The molecule has 3 heterocycles. The van der Waals surface area contributed by atoms with Crippen LogP contribution in [0.5, 0.6) is 11.6 Å². The first-order valence-electron chi connectivity index (χ1n) is 14.7. The predicted molar refractivity (Wildman–Crippen MR) is 179 cm³/mol. The van der Waals surface area contributed by atoms with Crippen LogP contribution < -0.4 is 4.74 Å². The molecule has 0 radical (unpaired) electrons. The summed E-state index contributed by atoms with van der Waals surface area (Å²) in [7, 11) is 0. The molecule has 208 valence electrons. The molecule has 4 heteroatoms. The highest BCUT2D eigenvalue weighted by Gasteiger charge is 2.15. The average molecular weight is 566 g/mol. The second-order valence-corrected chi connectivity index (χ2v) is 10.7. The van der Waals surface area contributed by atoms with Gasteiger partial charge in [-0.25, -0.2) is 9.97 Å². The Kier molecular flexibility index (Phi) is 6.43. The van der Waals surface area contributed by atoms with Crippen LogP contribution >= 0.6 is 0 Å². The normalized spacial score (nSPS) is 11.2. The van der Waals surface area contributed by atoms with Crippen LogP contribution in [0.1, 0.15) is 0 Å². The number of aromatic nitrogens is 3. The summed E-state index contributed by atoms with van der Waals surface area (Å²) < 4.78 is 8.65. The van der Waals surface area contributed by atoms with Gasteiger partial charge in [-0.1, -0.05) is 103 Å². The van der Waals surface area contributed by atoms with Gasteiger partial charge in [-0.05, 0) is 76.3 Å². The molecule has 8 rings (SSSR count). The van der Waals surface area contributed by atoms with Crippen LogP contribution in [-0.4, -0.2) is 14.5 Å². The fourth-order valence-corrected chi connectivity index (χ4v) is 5.91. The van der Waals surface area contributed by atoms with Gasteiger partial charge in [0.15, 0.2) is 0 Å². The summed E-state index contributed by atoms with van der Waals surface area (Å²) >= 11 is 0. The van der Waals surface area contributed by atoms with Crippen LogP contribution in [0.15, 0.2) is 164 Å². The van der Waals surface area contributed by atoms with E-state index in [9.17, 15) is 0 Å². The van der Waals surface area contributed by atoms with Crippen molar-refractivity contribution in [3.8, 4) is 50.8 Å². The fraction of sp³-hybridized carbons (Fsp3) is 0. The number of hydrogen-bond acceptors (Lipinski definition) is 3. The Labute approximate surface area is 255 Å². The Hall–Kier alpha value is -6.00. The van der Waals surface area contributed by atoms with Gasteiger partial charge < -0.3 is 4.74 Å². The van der Waals surface area contributed by atoms with Crippen LogP contribution in [0, 0.1) is 0 Å². The third kappa shape index (κ3) is 4.69. The van der Waals surface area contributed by atoms with Crippen LogP contribution in [-0.2, 0) is 0 Å². The molecular weight excluding hydrogens is 538 g/mol. The van der Waals surface area contributed by atoms with Crippen LogP contribution in [0.25, 0.3) is 61.0 Å². The van der Waals surface area contributed by atoms with Crippen molar-refractivity contribution in [3.63, 3.8) is 0 Å². The number of para-hydroxylation sites is 1. The zero-order chi connectivity index (χ0) is 29.3. The first-order valence-corrected chi connectivity index (χ1v) is 14.7. The number of hydrogen-bond donors (Lipinski definition) is 0. The molecule has 0 unspecified atom stereocenters. The second-order valence-electron chi connectivity index (χ2n) is 10.7. The van der Waals surface area contributed by atoms with Gasteiger partial charge in [0.05, 0.1) is 11.0 Å². The molecule has 0 spiro atoms. The Morgan fingerprint density at radius 1 is 0.432 bits per heavy atom. The average Bonchev–Trinajstić information content (AvgIpc) is 3.43. The molecule has 0 saturated carbocycles. The lowest BCUT2D eigenvalue weighted by atomic mass is 10.0. The Morgan fingerprint density at radius 2 is 1.14 bits per heavy atom. The van der Waals surface area contributed by atoms with E-state index in [1.54, 1.807) is 6.20 Å². The Bertz CT molecular complexity index is 2260. The molecule has 8 aromatic rings. The molecule has 0 atom stereocenters.